The number of thiazole rings is 1. The molecule has 2 amide bonds. The van der Waals surface area contributed by atoms with E-state index in [4.69, 9.17) is 0 Å². The van der Waals surface area contributed by atoms with E-state index in [1.807, 2.05) is 36.6 Å². The molecule has 2 heterocycles. The van der Waals surface area contributed by atoms with Gasteiger partial charge in [0.15, 0.2) is 10.6 Å². The quantitative estimate of drug-likeness (QED) is 0.193. The molecule has 2 aromatic heterocycles. The van der Waals surface area contributed by atoms with E-state index in [0.29, 0.717) is 16.3 Å². The van der Waals surface area contributed by atoms with E-state index in [1.165, 1.54) is 52.2 Å². The molecule has 5 aromatic rings. The third-order valence-electron chi connectivity index (χ3n) is 7.60. The van der Waals surface area contributed by atoms with Gasteiger partial charge in [0.1, 0.15) is 12.1 Å². The van der Waals surface area contributed by atoms with E-state index >= 15 is 0 Å². The fraction of sp³-hybridized carbons (Fsp3) is 0.273. The Kier molecular flexibility index (Phi) is 8.32. The van der Waals surface area contributed by atoms with Crippen molar-refractivity contribution in [2.24, 2.45) is 4.99 Å². The molecular weight excluding hydrogens is 601 g/mol. The molecule has 45 heavy (non-hydrogen) atoms. The Morgan fingerprint density at radius 3 is 2.56 bits per heavy atom. The van der Waals surface area contributed by atoms with Gasteiger partial charge in [0.25, 0.3) is 0 Å². The zero-order chi connectivity index (χ0) is 31.7. The van der Waals surface area contributed by atoms with E-state index in [0.717, 1.165) is 47.3 Å². The first-order chi connectivity index (χ1) is 21.6. The molecule has 8 nitrogen and oxygen atoms in total. The second-order valence-electron chi connectivity index (χ2n) is 11.1. The normalized spacial score (nSPS) is 16.5. The van der Waals surface area contributed by atoms with Gasteiger partial charge in [-0.15, -0.1) is 29.6 Å². The van der Waals surface area contributed by atoms with Crippen molar-refractivity contribution in [3.63, 3.8) is 0 Å². The molecule has 1 fully saturated rings. The molecule has 0 aliphatic heterocycles. The van der Waals surface area contributed by atoms with Gasteiger partial charge in [-0.2, -0.15) is 4.99 Å². The molecule has 0 bridgehead atoms. The van der Waals surface area contributed by atoms with E-state index in [9.17, 15) is 18.0 Å². The Labute approximate surface area is 261 Å². The van der Waals surface area contributed by atoms with Crippen LogP contribution in [0.1, 0.15) is 48.1 Å². The summed E-state index contributed by atoms with van der Waals surface area (Å²) in [7, 11) is 0. The summed E-state index contributed by atoms with van der Waals surface area (Å²) in [5, 5.41) is 9.55. The number of ether oxygens (including phenoxy) is 1. The van der Waals surface area contributed by atoms with Crippen molar-refractivity contribution in [1.29, 1.82) is 0 Å². The number of alkyl halides is 3. The van der Waals surface area contributed by atoms with E-state index in [1.54, 1.807) is 0 Å². The smallest absolute Gasteiger partial charge is 0.406 e. The molecule has 0 saturated heterocycles. The van der Waals surface area contributed by atoms with Gasteiger partial charge in [-0.05, 0) is 73.7 Å². The van der Waals surface area contributed by atoms with Crippen molar-refractivity contribution >= 4 is 17.4 Å². The molecule has 2 atom stereocenters. The number of hydrogen-bond acceptors (Lipinski definition) is 5. The third kappa shape index (κ3) is 7.01. The minimum atomic E-state index is -4.75. The lowest BCUT2D eigenvalue weighted by atomic mass is 10.1. The molecular formula is C33H31F3N6O2S. The molecule has 0 radical (unpaired) electrons. The van der Waals surface area contributed by atoms with Crippen LogP contribution < -0.4 is 14.9 Å². The van der Waals surface area contributed by atoms with Crippen molar-refractivity contribution in [3.05, 3.63) is 106 Å². The van der Waals surface area contributed by atoms with Crippen LogP contribution in [0.5, 0.6) is 5.75 Å². The molecule has 2 unspecified atom stereocenters. The van der Waals surface area contributed by atoms with Crippen molar-refractivity contribution in [2.45, 2.75) is 58.4 Å². The van der Waals surface area contributed by atoms with Crippen LogP contribution in [0.4, 0.5) is 18.0 Å². The Hall–Kier alpha value is -4.71. The number of benzene rings is 3. The molecule has 12 heteroatoms. The number of hydrogen-bond donors (Lipinski definition) is 1. The van der Waals surface area contributed by atoms with Gasteiger partial charge >= 0.3 is 12.4 Å². The van der Waals surface area contributed by atoms with Crippen LogP contribution in [0.15, 0.2) is 83.4 Å². The predicted molar refractivity (Wildman–Crippen MR) is 166 cm³/mol. The molecule has 1 N–H and O–H groups in total. The average molecular weight is 633 g/mol. The lowest BCUT2D eigenvalue weighted by molar-refractivity contribution is -0.274. The number of carbonyl (C=O) groups is 1. The number of rotatable bonds is 8. The SMILES string of the molecule is CCCc1ccc(C)cc1-n1c(C)cs/c1=N\C(=O)NC1CC1c1ccc(-c2ncn(-c3ccc(OC(F)(F)F)cc3)n2)cc1. The zero-order valence-electron chi connectivity index (χ0n) is 24.9. The number of aryl methyl sites for hydroxylation is 3. The Morgan fingerprint density at radius 2 is 1.84 bits per heavy atom. The average Bonchev–Trinajstić information content (AvgIpc) is 3.40. The van der Waals surface area contributed by atoms with Crippen molar-refractivity contribution in [3.8, 4) is 28.5 Å². The van der Waals surface area contributed by atoms with Gasteiger partial charge in [-0.25, -0.2) is 14.5 Å². The van der Waals surface area contributed by atoms with Crippen molar-refractivity contribution in [1.82, 2.24) is 24.6 Å². The molecule has 232 valence electrons. The number of nitrogens with one attached hydrogen (secondary N) is 1. The summed E-state index contributed by atoms with van der Waals surface area (Å²) in [5.41, 5.74) is 6.92. The predicted octanol–water partition coefficient (Wildman–Crippen LogP) is 7.42. The monoisotopic (exact) mass is 632 g/mol. The maximum absolute atomic E-state index is 13.0. The highest BCUT2D eigenvalue weighted by molar-refractivity contribution is 7.07. The lowest BCUT2D eigenvalue weighted by Gasteiger charge is -2.13. The van der Waals surface area contributed by atoms with Gasteiger partial charge in [0, 0.05) is 28.6 Å². The summed E-state index contributed by atoms with van der Waals surface area (Å²) in [6, 6.07) is 19.3. The van der Waals surface area contributed by atoms with Crippen LogP contribution in [-0.2, 0) is 6.42 Å². The maximum Gasteiger partial charge on any atom is 0.573 e. The van der Waals surface area contributed by atoms with E-state index < -0.39 is 6.36 Å². The highest BCUT2D eigenvalue weighted by Gasteiger charge is 2.39. The van der Waals surface area contributed by atoms with Gasteiger partial charge in [-0.3, -0.25) is 4.57 Å². The minimum Gasteiger partial charge on any atom is -0.406 e. The number of urea groups is 1. The number of nitrogens with zero attached hydrogens (tertiary/aromatic N) is 5. The largest absolute Gasteiger partial charge is 0.573 e. The Balaban J connectivity index is 1.10. The van der Waals surface area contributed by atoms with Crippen molar-refractivity contribution < 1.29 is 22.7 Å². The Morgan fingerprint density at radius 1 is 1.09 bits per heavy atom. The standard InChI is InChI=1S/C33H31F3N6O2S/c1-4-5-23-7-6-20(2)16-29(23)42-21(3)18-45-32(42)39-31(43)38-28-17-27(28)22-8-10-24(11-9-22)30-37-19-41(40-30)25-12-14-26(15-13-25)44-33(34,35)36/h6-16,18-19,27-28H,4-5,17H2,1-3H3,(H,38,43)/b39-32-. The first-order valence-corrected chi connectivity index (χ1v) is 15.5. The number of aromatic nitrogens is 4. The Bertz CT molecular complexity index is 1890. The molecule has 1 aliphatic carbocycles. The summed E-state index contributed by atoms with van der Waals surface area (Å²) in [4.78, 5) is 22.4. The number of halogens is 3. The lowest BCUT2D eigenvalue weighted by Crippen LogP contribution is -2.27. The summed E-state index contributed by atoms with van der Waals surface area (Å²) in [5.74, 6) is 0.358. The third-order valence-corrected chi connectivity index (χ3v) is 8.54. The number of carbonyl (C=O) groups excluding carboxylic acids is 1. The second-order valence-corrected chi connectivity index (χ2v) is 11.9. The van der Waals surface area contributed by atoms with Gasteiger partial charge in [-0.1, -0.05) is 49.7 Å². The highest BCUT2D eigenvalue weighted by Crippen LogP contribution is 2.41. The zero-order valence-corrected chi connectivity index (χ0v) is 25.7. The van der Waals surface area contributed by atoms with Crippen LogP contribution in [-0.4, -0.2) is 37.8 Å². The first-order valence-electron chi connectivity index (χ1n) is 14.6. The van der Waals surface area contributed by atoms with Gasteiger partial charge in [0.05, 0.1) is 11.4 Å². The van der Waals surface area contributed by atoms with Gasteiger partial charge < -0.3 is 10.1 Å². The summed E-state index contributed by atoms with van der Waals surface area (Å²) in [6.45, 7) is 6.25. The molecule has 6 rings (SSSR count). The minimum absolute atomic E-state index is 0.00198. The van der Waals surface area contributed by atoms with Gasteiger partial charge in [0.2, 0.25) is 0 Å². The fourth-order valence-corrected chi connectivity index (χ4v) is 6.19. The summed E-state index contributed by atoms with van der Waals surface area (Å²) in [6.07, 6.45) is -0.451. The molecule has 0 spiro atoms. The van der Waals surface area contributed by atoms with Crippen LogP contribution in [0.25, 0.3) is 22.8 Å². The number of amides is 2. The summed E-state index contributed by atoms with van der Waals surface area (Å²) < 4.78 is 44.8. The fourth-order valence-electron chi connectivity index (χ4n) is 5.33. The van der Waals surface area contributed by atoms with E-state index in [2.05, 4.69) is 61.7 Å². The van der Waals surface area contributed by atoms with Crippen LogP contribution in [0.3, 0.4) is 0 Å². The maximum atomic E-state index is 13.0. The molecule has 1 aliphatic rings. The topological polar surface area (TPSA) is 86.3 Å². The second kappa shape index (κ2) is 12.4. The van der Waals surface area contributed by atoms with Crippen molar-refractivity contribution in [2.75, 3.05) is 0 Å². The van der Waals surface area contributed by atoms with E-state index in [-0.39, 0.29) is 23.7 Å². The molecule has 3 aromatic carbocycles. The van der Waals surface area contributed by atoms with Crippen LogP contribution in [0, 0.1) is 13.8 Å². The van der Waals surface area contributed by atoms with Crippen LogP contribution in [0.2, 0.25) is 0 Å². The highest BCUT2D eigenvalue weighted by atomic mass is 32.1. The van der Waals surface area contributed by atoms with Crippen LogP contribution >= 0.6 is 11.3 Å². The first kappa shape index (κ1) is 30.3. The summed E-state index contributed by atoms with van der Waals surface area (Å²) >= 11 is 1.45. The molecule has 1 saturated carbocycles.